The molecule has 1 aliphatic heterocycles. The molecule has 2 atom stereocenters. The fourth-order valence-corrected chi connectivity index (χ4v) is 2.77. The molecule has 0 saturated carbocycles. The third-order valence-electron chi connectivity index (χ3n) is 4.00. The maximum absolute atomic E-state index is 12.9. The Balaban J connectivity index is 2.23. The van der Waals surface area contributed by atoms with Crippen LogP contribution in [0, 0.1) is 5.92 Å². The number of anilines is 1. The van der Waals surface area contributed by atoms with Gasteiger partial charge in [-0.05, 0) is 30.9 Å². The summed E-state index contributed by atoms with van der Waals surface area (Å²) in [7, 11) is 0. The largest absolute Gasteiger partial charge is 0.393 e. The van der Waals surface area contributed by atoms with Crippen LogP contribution in [0.3, 0.4) is 0 Å². The van der Waals surface area contributed by atoms with Crippen LogP contribution in [0.5, 0.6) is 0 Å². The van der Waals surface area contributed by atoms with Crippen LogP contribution in [0.15, 0.2) is 24.3 Å². The summed E-state index contributed by atoms with van der Waals surface area (Å²) in [6.45, 7) is 2.69. The average molecular weight is 286 g/mol. The van der Waals surface area contributed by atoms with E-state index in [2.05, 4.69) is 0 Å². The van der Waals surface area contributed by atoms with E-state index in [1.807, 2.05) is 36.1 Å². The Kier molecular flexibility index (Phi) is 4.58. The molecule has 0 radical (unpaired) electrons. The first-order valence-corrected chi connectivity index (χ1v) is 7.09. The van der Waals surface area contributed by atoms with Crippen molar-refractivity contribution in [3.63, 3.8) is 0 Å². The molecule has 0 bridgehead atoms. The Morgan fingerprint density at radius 2 is 2.05 bits per heavy atom. The molecule has 1 heterocycles. The molecular formula is C15H21F3N2. The van der Waals surface area contributed by atoms with Crippen molar-refractivity contribution >= 4 is 5.69 Å². The minimum atomic E-state index is -4.11. The van der Waals surface area contributed by atoms with E-state index in [9.17, 15) is 13.2 Å². The molecule has 2 unspecified atom stereocenters. The lowest BCUT2D eigenvalue weighted by Crippen LogP contribution is -2.42. The van der Waals surface area contributed by atoms with E-state index in [1.165, 1.54) is 0 Å². The smallest absolute Gasteiger partial charge is 0.371 e. The van der Waals surface area contributed by atoms with Gasteiger partial charge in [0.2, 0.25) is 0 Å². The number of piperidine rings is 1. The van der Waals surface area contributed by atoms with E-state index in [-0.39, 0.29) is 19.0 Å². The highest BCUT2D eigenvalue weighted by Gasteiger charge is 2.42. The van der Waals surface area contributed by atoms with E-state index in [4.69, 9.17) is 5.73 Å². The topological polar surface area (TPSA) is 29.3 Å². The second-order valence-corrected chi connectivity index (χ2v) is 5.40. The number of hydrogen-bond donors (Lipinski definition) is 1. The zero-order valence-electron chi connectivity index (χ0n) is 11.7. The number of hydrogen-bond acceptors (Lipinski definition) is 2. The van der Waals surface area contributed by atoms with Gasteiger partial charge in [-0.15, -0.1) is 0 Å². The lowest BCUT2D eigenvalue weighted by atomic mass is 9.95. The van der Waals surface area contributed by atoms with Crippen LogP contribution >= 0.6 is 0 Å². The first kappa shape index (κ1) is 15.2. The van der Waals surface area contributed by atoms with E-state index in [0.717, 1.165) is 17.7 Å². The Hall–Kier alpha value is -1.23. The van der Waals surface area contributed by atoms with Crippen LogP contribution in [-0.4, -0.2) is 19.3 Å². The molecule has 0 aliphatic carbocycles. The van der Waals surface area contributed by atoms with E-state index < -0.39 is 12.1 Å². The number of rotatable bonds is 3. The lowest BCUT2D eigenvalue weighted by molar-refractivity contribution is -0.176. The molecule has 112 valence electrons. The maximum atomic E-state index is 12.9. The summed E-state index contributed by atoms with van der Waals surface area (Å²) in [4.78, 5) is 1.84. The summed E-state index contributed by atoms with van der Waals surface area (Å²) in [6, 6.07) is 7.42. The molecule has 1 aliphatic rings. The fraction of sp³-hybridized carbons (Fsp3) is 0.600. The summed E-state index contributed by atoms with van der Waals surface area (Å²) in [6.07, 6.45) is -2.55. The molecular weight excluding hydrogens is 265 g/mol. The molecule has 1 saturated heterocycles. The summed E-state index contributed by atoms with van der Waals surface area (Å²) in [5, 5.41) is 0. The minimum Gasteiger partial charge on any atom is -0.371 e. The van der Waals surface area contributed by atoms with Gasteiger partial charge >= 0.3 is 6.18 Å². The van der Waals surface area contributed by atoms with E-state index in [1.54, 1.807) is 0 Å². The van der Waals surface area contributed by atoms with Crippen molar-refractivity contribution < 1.29 is 13.2 Å². The molecule has 5 heteroatoms. The van der Waals surface area contributed by atoms with Crippen LogP contribution in [0.2, 0.25) is 0 Å². The molecule has 1 fully saturated rings. The predicted molar refractivity (Wildman–Crippen MR) is 74.7 cm³/mol. The molecule has 1 aromatic carbocycles. The van der Waals surface area contributed by atoms with Gasteiger partial charge in [-0.1, -0.05) is 25.1 Å². The SMILES string of the molecule is CCC(N)c1ccccc1N1CCCC(C(F)(F)F)C1. The van der Waals surface area contributed by atoms with Crippen molar-refractivity contribution in [1.29, 1.82) is 0 Å². The highest BCUT2D eigenvalue weighted by atomic mass is 19.4. The quantitative estimate of drug-likeness (QED) is 0.913. The first-order valence-electron chi connectivity index (χ1n) is 7.09. The minimum absolute atomic E-state index is 0.0386. The van der Waals surface area contributed by atoms with Crippen LogP contribution < -0.4 is 10.6 Å². The number of alkyl halides is 3. The average Bonchev–Trinajstić information content (AvgIpc) is 2.45. The highest BCUT2D eigenvalue weighted by molar-refractivity contribution is 5.55. The van der Waals surface area contributed by atoms with Crippen LogP contribution in [0.25, 0.3) is 0 Å². The maximum Gasteiger partial charge on any atom is 0.393 e. The molecule has 20 heavy (non-hydrogen) atoms. The first-order chi connectivity index (χ1) is 9.43. The second-order valence-electron chi connectivity index (χ2n) is 5.40. The van der Waals surface area contributed by atoms with Crippen molar-refractivity contribution in [2.75, 3.05) is 18.0 Å². The summed E-state index contributed by atoms with van der Waals surface area (Å²) in [5.74, 6) is -1.23. The summed E-state index contributed by atoms with van der Waals surface area (Å²) >= 11 is 0. The van der Waals surface area contributed by atoms with Crippen molar-refractivity contribution in [2.45, 2.75) is 38.4 Å². The lowest BCUT2D eigenvalue weighted by Gasteiger charge is -2.36. The van der Waals surface area contributed by atoms with Gasteiger partial charge in [0, 0.05) is 24.8 Å². The monoisotopic (exact) mass is 286 g/mol. The van der Waals surface area contributed by atoms with Gasteiger partial charge in [-0.3, -0.25) is 0 Å². The van der Waals surface area contributed by atoms with Crippen molar-refractivity contribution in [3.05, 3.63) is 29.8 Å². The standard InChI is InChI=1S/C15H21F3N2/c1-2-13(19)12-7-3-4-8-14(12)20-9-5-6-11(10-20)15(16,17)18/h3-4,7-8,11,13H,2,5-6,9-10,19H2,1H3. The molecule has 0 spiro atoms. The molecule has 2 rings (SSSR count). The van der Waals surface area contributed by atoms with Crippen molar-refractivity contribution in [2.24, 2.45) is 11.7 Å². The highest BCUT2D eigenvalue weighted by Crippen LogP contribution is 2.36. The number of benzene rings is 1. The fourth-order valence-electron chi connectivity index (χ4n) is 2.77. The van der Waals surface area contributed by atoms with Gasteiger partial charge in [-0.2, -0.15) is 13.2 Å². The third-order valence-corrected chi connectivity index (χ3v) is 4.00. The normalized spacial score (nSPS) is 21.9. The number of para-hydroxylation sites is 1. The van der Waals surface area contributed by atoms with E-state index >= 15 is 0 Å². The zero-order chi connectivity index (χ0) is 14.8. The molecule has 0 aromatic heterocycles. The third kappa shape index (κ3) is 3.26. The van der Waals surface area contributed by atoms with E-state index in [0.29, 0.717) is 13.0 Å². The van der Waals surface area contributed by atoms with Crippen molar-refractivity contribution in [1.82, 2.24) is 0 Å². The Morgan fingerprint density at radius 1 is 1.35 bits per heavy atom. The number of nitrogens with zero attached hydrogens (tertiary/aromatic N) is 1. The summed E-state index contributed by atoms with van der Waals surface area (Å²) in [5.41, 5.74) is 7.87. The Bertz CT molecular complexity index is 445. The molecule has 2 N–H and O–H groups in total. The van der Waals surface area contributed by atoms with Gasteiger partial charge in [-0.25, -0.2) is 0 Å². The van der Waals surface area contributed by atoms with Gasteiger partial charge in [0.1, 0.15) is 0 Å². The molecule has 1 aromatic rings. The Labute approximate surface area is 117 Å². The Morgan fingerprint density at radius 3 is 2.70 bits per heavy atom. The molecule has 2 nitrogen and oxygen atoms in total. The van der Waals surface area contributed by atoms with Crippen molar-refractivity contribution in [3.8, 4) is 0 Å². The molecule has 0 amide bonds. The van der Waals surface area contributed by atoms with Crippen LogP contribution in [0.4, 0.5) is 18.9 Å². The van der Waals surface area contributed by atoms with Gasteiger partial charge in [0.15, 0.2) is 0 Å². The second kappa shape index (κ2) is 6.04. The number of nitrogens with two attached hydrogens (primary N) is 1. The van der Waals surface area contributed by atoms with Gasteiger partial charge < -0.3 is 10.6 Å². The number of halogens is 3. The van der Waals surface area contributed by atoms with Crippen LogP contribution in [0.1, 0.15) is 37.8 Å². The van der Waals surface area contributed by atoms with Gasteiger partial charge in [0.05, 0.1) is 5.92 Å². The van der Waals surface area contributed by atoms with Gasteiger partial charge in [0.25, 0.3) is 0 Å². The van der Waals surface area contributed by atoms with Crippen LogP contribution in [-0.2, 0) is 0 Å². The summed E-state index contributed by atoms with van der Waals surface area (Å²) < 4.78 is 38.7. The zero-order valence-corrected chi connectivity index (χ0v) is 11.7. The predicted octanol–water partition coefficient (Wildman–Crippen LogP) is 3.88.